The molecule has 1 amide bonds. The lowest BCUT2D eigenvalue weighted by Gasteiger charge is -2.51. The number of pyridine rings is 1. The fraction of sp³-hybridized carbons (Fsp3) is 0.548. The Labute approximate surface area is 321 Å². The number of aromatic nitrogens is 1. The van der Waals surface area contributed by atoms with E-state index in [1.54, 1.807) is 0 Å². The molecule has 3 atom stereocenters. The summed E-state index contributed by atoms with van der Waals surface area (Å²) >= 11 is 6.24. The molecule has 0 aliphatic heterocycles. The van der Waals surface area contributed by atoms with Gasteiger partial charge in [0.2, 0.25) is 0 Å². The van der Waals surface area contributed by atoms with Crippen LogP contribution < -0.4 is 19.7 Å². The zero-order valence-corrected chi connectivity index (χ0v) is 32.3. The monoisotopic (exact) mass is 769 g/mol. The Hall–Kier alpha value is -3.83. The first-order valence-electron chi connectivity index (χ1n) is 19.1. The van der Waals surface area contributed by atoms with Gasteiger partial charge in [-0.05, 0) is 148 Å². The number of aryl methyl sites for hydroxylation is 1. The number of anilines is 1. The molecule has 1 heterocycles. The molecule has 8 nitrogen and oxygen atoms in total. The molecule has 54 heavy (non-hydrogen) atoms. The molecule has 292 valence electrons. The molecule has 1 N–H and O–H groups in total. The molecule has 1 aromatic heterocycles. The van der Waals surface area contributed by atoms with Gasteiger partial charge in [0.25, 0.3) is 0 Å². The number of methoxy groups -OCH3 is 1. The number of fused-ring (bicyclic) bond motifs is 3. The maximum Gasteiger partial charge on any atom is 0.471 e. The highest BCUT2D eigenvalue weighted by Crippen LogP contribution is 2.58. The summed E-state index contributed by atoms with van der Waals surface area (Å²) in [6.45, 7) is 6.24. The first-order chi connectivity index (χ1) is 25.8. The van der Waals surface area contributed by atoms with Crippen LogP contribution in [-0.2, 0) is 32.6 Å². The molecule has 3 aliphatic carbocycles. The van der Waals surface area contributed by atoms with Crippen LogP contribution in [0.4, 0.5) is 18.9 Å². The molecular formula is C42H51ClF3N3O5. The third kappa shape index (κ3) is 7.94. The maximum absolute atomic E-state index is 14.4. The smallest absolute Gasteiger partial charge is 0.471 e. The number of rotatable bonds is 13. The van der Waals surface area contributed by atoms with Gasteiger partial charge >= 0.3 is 18.1 Å². The van der Waals surface area contributed by atoms with Gasteiger partial charge < -0.3 is 19.5 Å². The van der Waals surface area contributed by atoms with Gasteiger partial charge in [0.1, 0.15) is 17.0 Å². The van der Waals surface area contributed by atoms with Gasteiger partial charge in [-0.25, -0.2) is 4.79 Å². The fourth-order valence-corrected chi connectivity index (χ4v) is 9.55. The van der Waals surface area contributed by atoms with Crippen LogP contribution in [0.1, 0.15) is 93.5 Å². The van der Waals surface area contributed by atoms with E-state index in [0.717, 1.165) is 80.5 Å². The van der Waals surface area contributed by atoms with Crippen LogP contribution in [0.5, 0.6) is 11.5 Å². The number of nitrogens with one attached hydrogen (secondary N) is 1. The lowest BCUT2D eigenvalue weighted by Crippen LogP contribution is -2.63. The van der Waals surface area contributed by atoms with Crippen molar-refractivity contribution in [3.05, 3.63) is 82.1 Å². The molecule has 0 saturated heterocycles. The molecule has 2 aromatic carbocycles. The number of hydrogen-bond acceptors (Lipinski definition) is 7. The van der Waals surface area contributed by atoms with Gasteiger partial charge in [-0.2, -0.15) is 13.2 Å². The summed E-state index contributed by atoms with van der Waals surface area (Å²) in [4.78, 5) is 32.4. The lowest BCUT2D eigenvalue weighted by molar-refractivity contribution is -0.174. The molecule has 0 radical (unpaired) electrons. The van der Waals surface area contributed by atoms with Gasteiger partial charge in [-0.1, -0.05) is 37.6 Å². The van der Waals surface area contributed by atoms with Crippen molar-refractivity contribution in [1.29, 1.82) is 0 Å². The lowest BCUT2D eigenvalue weighted by atomic mass is 9.59. The Balaban J connectivity index is 1.32. The van der Waals surface area contributed by atoms with Gasteiger partial charge in [-0.15, -0.1) is 0 Å². The minimum Gasteiger partial charge on any atom is -0.494 e. The van der Waals surface area contributed by atoms with Crippen LogP contribution >= 0.6 is 11.6 Å². The Morgan fingerprint density at radius 3 is 2.57 bits per heavy atom. The molecular weight excluding hydrogens is 719 g/mol. The van der Waals surface area contributed by atoms with Crippen molar-refractivity contribution in [3.8, 4) is 11.5 Å². The number of carbonyl (C=O) groups excluding carboxylic acids is 2. The minimum absolute atomic E-state index is 0.0386. The molecule has 0 bridgehead atoms. The second kappa shape index (κ2) is 16.5. The number of alkyl halides is 3. The summed E-state index contributed by atoms with van der Waals surface area (Å²) in [5.41, 5.74) is 2.07. The van der Waals surface area contributed by atoms with Crippen molar-refractivity contribution < 1.29 is 37.0 Å². The molecule has 3 aromatic rings. The third-order valence-corrected chi connectivity index (χ3v) is 12.2. The summed E-state index contributed by atoms with van der Waals surface area (Å²) < 4.78 is 61.0. The van der Waals surface area contributed by atoms with Crippen molar-refractivity contribution >= 4 is 29.2 Å². The van der Waals surface area contributed by atoms with Gasteiger partial charge in [0, 0.05) is 28.2 Å². The van der Waals surface area contributed by atoms with E-state index in [-0.39, 0.29) is 35.4 Å². The van der Waals surface area contributed by atoms with Crippen molar-refractivity contribution in [2.45, 2.75) is 101 Å². The van der Waals surface area contributed by atoms with Crippen molar-refractivity contribution in [3.63, 3.8) is 0 Å². The quantitative estimate of drug-likeness (QED) is 0.137. The first kappa shape index (κ1) is 39.9. The summed E-state index contributed by atoms with van der Waals surface area (Å²) in [7, 11) is 3.04. The largest absolute Gasteiger partial charge is 0.494 e. The fourth-order valence-electron chi connectivity index (χ4n) is 9.37. The molecule has 6 rings (SSSR count). The summed E-state index contributed by atoms with van der Waals surface area (Å²) in [6, 6.07) is 13.8. The molecule has 1 spiro atoms. The number of nitrogens with zero attached hydrogens (tertiary/aromatic N) is 2. The zero-order valence-electron chi connectivity index (χ0n) is 31.6. The second-order valence-corrected chi connectivity index (χ2v) is 15.9. The Morgan fingerprint density at radius 2 is 1.87 bits per heavy atom. The van der Waals surface area contributed by atoms with E-state index in [1.165, 1.54) is 29.8 Å². The predicted molar refractivity (Wildman–Crippen MR) is 202 cm³/mol. The van der Waals surface area contributed by atoms with E-state index in [1.807, 2.05) is 25.4 Å². The summed E-state index contributed by atoms with van der Waals surface area (Å²) in [6.07, 6.45) is 2.77. The van der Waals surface area contributed by atoms with Gasteiger partial charge in [-0.3, -0.25) is 14.7 Å². The minimum atomic E-state index is -5.25. The van der Waals surface area contributed by atoms with E-state index < -0.39 is 29.0 Å². The molecule has 0 unspecified atom stereocenters. The first-order valence-corrected chi connectivity index (χ1v) is 19.5. The third-order valence-electron chi connectivity index (χ3n) is 12.0. The van der Waals surface area contributed by atoms with Crippen LogP contribution in [0, 0.1) is 11.8 Å². The normalized spacial score (nSPS) is 24.0. The SMILES string of the molecule is CNCCCOc1ccc2c(c1)C1(CCC(C(=O)OC)(N(C(=O)C(F)(F)F)c3cccc(Cl)c3)CC1)[C@@H](C[C@@H](C)COc1ccnc3c1[C@H](C)CCC3)C2. The Bertz CT molecular complexity index is 1810. The molecule has 12 heteroatoms. The number of esters is 1. The van der Waals surface area contributed by atoms with Gasteiger partial charge in [0.05, 0.1) is 20.3 Å². The molecule has 1 saturated carbocycles. The predicted octanol–water partition coefficient (Wildman–Crippen LogP) is 8.76. The van der Waals surface area contributed by atoms with Crippen LogP contribution in [-0.4, -0.2) is 62.5 Å². The number of halogens is 4. The zero-order chi connectivity index (χ0) is 38.7. The standard InChI is InChI=1S/C42H51ClF3N3O5/c1-27(26-54-36-14-20-48-35-11-5-8-28(2)37(35)36)22-30-23-29-12-13-33(53-21-7-19-47-3)25-34(29)40(30)15-17-41(18-16-40,39(51)52-4)49(38(50)42(44,45)46)32-10-6-9-31(43)24-32/h6,9-10,12-14,20,24-25,27-28,30,47H,5,7-8,11,15-19,21-23,26H2,1-4H3/t27-,28-,30+,40?,41?/m1/s1. The number of carbonyl (C=O) groups is 2. The van der Waals surface area contributed by atoms with E-state index in [0.29, 0.717) is 36.9 Å². The highest BCUT2D eigenvalue weighted by molar-refractivity contribution is 6.31. The number of benzene rings is 2. The Morgan fingerprint density at radius 1 is 1.09 bits per heavy atom. The maximum atomic E-state index is 14.4. The summed E-state index contributed by atoms with van der Waals surface area (Å²) in [5, 5.41) is 3.27. The van der Waals surface area contributed by atoms with Crippen LogP contribution in [0.2, 0.25) is 5.02 Å². The molecule has 3 aliphatic rings. The van der Waals surface area contributed by atoms with Crippen LogP contribution in [0.3, 0.4) is 0 Å². The topological polar surface area (TPSA) is 90.0 Å². The van der Waals surface area contributed by atoms with E-state index in [9.17, 15) is 22.8 Å². The molecule has 1 fully saturated rings. The van der Waals surface area contributed by atoms with Crippen LogP contribution in [0.25, 0.3) is 0 Å². The number of hydrogen-bond donors (Lipinski definition) is 1. The van der Waals surface area contributed by atoms with Gasteiger partial charge in [0.15, 0.2) is 0 Å². The average Bonchev–Trinajstić information content (AvgIpc) is 3.43. The van der Waals surface area contributed by atoms with Crippen molar-refractivity contribution in [1.82, 2.24) is 10.3 Å². The highest BCUT2D eigenvalue weighted by atomic mass is 35.5. The average molecular weight is 770 g/mol. The Kier molecular flexibility index (Phi) is 12.2. The van der Waals surface area contributed by atoms with E-state index >= 15 is 0 Å². The van der Waals surface area contributed by atoms with Crippen molar-refractivity contribution in [2.75, 3.05) is 38.8 Å². The highest BCUT2D eigenvalue weighted by Gasteiger charge is 2.60. The second-order valence-electron chi connectivity index (χ2n) is 15.4. The van der Waals surface area contributed by atoms with Crippen molar-refractivity contribution in [2.24, 2.45) is 11.8 Å². The summed E-state index contributed by atoms with van der Waals surface area (Å²) in [5.74, 6) is -0.779. The number of ether oxygens (including phenoxy) is 3. The van der Waals surface area contributed by atoms with E-state index in [2.05, 4.69) is 36.3 Å². The van der Waals surface area contributed by atoms with Crippen LogP contribution in [0.15, 0.2) is 54.7 Å². The van der Waals surface area contributed by atoms with E-state index in [4.69, 9.17) is 25.8 Å². The number of amides is 1.